The fraction of sp³-hybridized carbons (Fsp3) is 0.562. The molecule has 19 heavy (non-hydrogen) atoms. The predicted octanol–water partition coefficient (Wildman–Crippen LogP) is 2.02. The van der Waals surface area contributed by atoms with Gasteiger partial charge in [-0.05, 0) is 68.8 Å². The Kier molecular flexibility index (Phi) is 4.59. The van der Waals surface area contributed by atoms with Crippen molar-refractivity contribution in [2.75, 3.05) is 13.1 Å². The molecule has 104 valence electrons. The van der Waals surface area contributed by atoms with Crippen molar-refractivity contribution < 1.29 is 4.79 Å². The normalized spacial score (nSPS) is 18.6. The van der Waals surface area contributed by atoms with E-state index in [0.717, 1.165) is 32.4 Å². The number of carbonyl (C=O) groups excluding carboxylic acids is 1. The van der Waals surface area contributed by atoms with Crippen LogP contribution >= 0.6 is 0 Å². The predicted molar refractivity (Wildman–Crippen MR) is 78.4 cm³/mol. The number of hydrogen-bond donors (Lipinski definition) is 2. The van der Waals surface area contributed by atoms with E-state index in [9.17, 15) is 4.79 Å². The van der Waals surface area contributed by atoms with Crippen LogP contribution in [0.2, 0.25) is 0 Å². The molecule has 1 aromatic carbocycles. The number of benzene rings is 1. The largest absolute Gasteiger partial charge is 0.354 e. The molecular weight excluding hydrogens is 236 g/mol. The van der Waals surface area contributed by atoms with Gasteiger partial charge in [-0.3, -0.25) is 4.79 Å². The summed E-state index contributed by atoms with van der Waals surface area (Å²) >= 11 is 0. The quantitative estimate of drug-likeness (QED) is 0.869. The Morgan fingerprint density at radius 3 is 2.79 bits per heavy atom. The van der Waals surface area contributed by atoms with Gasteiger partial charge in [-0.25, -0.2) is 0 Å². The Morgan fingerprint density at radius 2 is 2.11 bits per heavy atom. The molecule has 3 heteroatoms. The average molecular weight is 260 g/mol. The highest BCUT2D eigenvalue weighted by molar-refractivity contribution is 5.81. The van der Waals surface area contributed by atoms with Crippen LogP contribution in [-0.2, 0) is 11.2 Å². The molecule has 2 N–H and O–H groups in total. The monoisotopic (exact) mass is 260 g/mol. The fourth-order valence-corrected chi connectivity index (χ4v) is 2.63. The molecule has 0 aromatic heterocycles. The molecule has 1 saturated heterocycles. The number of amides is 1. The lowest BCUT2D eigenvalue weighted by Crippen LogP contribution is -2.41. The maximum absolute atomic E-state index is 11.9. The summed E-state index contributed by atoms with van der Waals surface area (Å²) < 4.78 is 0. The van der Waals surface area contributed by atoms with Crippen LogP contribution in [0.1, 0.15) is 35.1 Å². The second kappa shape index (κ2) is 6.20. The molecule has 0 saturated carbocycles. The van der Waals surface area contributed by atoms with Crippen molar-refractivity contribution in [1.82, 2.24) is 10.6 Å². The van der Waals surface area contributed by atoms with Crippen LogP contribution in [0.25, 0.3) is 0 Å². The molecule has 1 atom stereocenters. The van der Waals surface area contributed by atoms with Crippen molar-refractivity contribution in [2.24, 2.45) is 0 Å². The minimum absolute atomic E-state index is 0.0286. The molecule has 1 aliphatic rings. The third-order valence-corrected chi connectivity index (χ3v) is 4.24. The SMILES string of the molecule is Cc1ccc(CCNC(=O)C2CCCN2)c(C)c1C. The number of rotatable bonds is 4. The number of aryl methyl sites for hydroxylation is 1. The highest BCUT2D eigenvalue weighted by Gasteiger charge is 2.21. The fourth-order valence-electron chi connectivity index (χ4n) is 2.63. The van der Waals surface area contributed by atoms with Crippen molar-refractivity contribution in [3.63, 3.8) is 0 Å². The number of carbonyl (C=O) groups is 1. The lowest BCUT2D eigenvalue weighted by atomic mass is 9.97. The van der Waals surface area contributed by atoms with Crippen LogP contribution in [0.3, 0.4) is 0 Å². The van der Waals surface area contributed by atoms with Gasteiger partial charge in [0.05, 0.1) is 6.04 Å². The highest BCUT2D eigenvalue weighted by Crippen LogP contribution is 2.17. The van der Waals surface area contributed by atoms with Gasteiger partial charge in [0.25, 0.3) is 0 Å². The van der Waals surface area contributed by atoms with Gasteiger partial charge in [-0.15, -0.1) is 0 Å². The zero-order valence-electron chi connectivity index (χ0n) is 12.2. The molecule has 1 fully saturated rings. The Labute approximate surface area is 115 Å². The van der Waals surface area contributed by atoms with Crippen molar-refractivity contribution in [1.29, 1.82) is 0 Å². The van der Waals surface area contributed by atoms with Crippen molar-refractivity contribution in [3.05, 3.63) is 34.4 Å². The average Bonchev–Trinajstić information content (AvgIpc) is 2.92. The van der Waals surface area contributed by atoms with Gasteiger partial charge < -0.3 is 10.6 Å². The zero-order valence-corrected chi connectivity index (χ0v) is 12.2. The first kappa shape index (κ1) is 14.1. The van der Waals surface area contributed by atoms with E-state index >= 15 is 0 Å². The van der Waals surface area contributed by atoms with Gasteiger partial charge >= 0.3 is 0 Å². The molecule has 0 radical (unpaired) electrons. The van der Waals surface area contributed by atoms with Gasteiger partial charge in [0.2, 0.25) is 5.91 Å². The molecule has 0 bridgehead atoms. The van der Waals surface area contributed by atoms with Gasteiger partial charge in [0.15, 0.2) is 0 Å². The van der Waals surface area contributed by atoms with E-state index in [-0.39, 0.29) is 11.9 Å². The van der Waals surface area contributed by atoms with Gasteiger partial charge in [-0.2, -0.15) is 0 Å². The minimum atomic E-state index is 0.0286. The molecule has 1 aliphatic heterocycles. The second-order valence-corrected chi connectivity index (χ2v) is 5.48. The van der Waals surface area contributed by atoms with E-state index in [2.05, 4.69) is 43.5 Å². The summed E-state index contributed by atoms with van der Waals surface area (Å²) in [5.74, 6) is 0.152. The first-order valence-electron chi connectivity index (χ1n) is 7.16. The van der Waals surface area contributed by atoms with Crippen molar-refractivity contribution in [2.45, 2.75) is 46.1 Å². The Hall–Kier alpha value is -1.35. The summed E-state index contributed by atoms with van der Waals surface area (Å²) in [6.07, 6.45) is 2.98. The van der Waals surface area contributed by atoms with E-state index in [1.54, 1.807) is 0 Å². The van der Waals surface area contributed by atoms with Crippen LogP contribution in [0, 0.1) is 20.8 Å². The summed E-state index contributed by atoms with van der Waals surface area (Å²) in [6.45, 7) is 8.15. The lowest BCUT2D eigenvalue weighted by molar-refractivity contribution is -0.122. The summed E-state index contributed by atoms with van der Waals surface area (Å²) in [6, 6.07) is 4.37. The second-order valence-electron chi connectivity index (χ2n) is 5.48. The Balaban J connectivity index is 1.85. The van der Waals surface area contributed by atoms with Crippen LogP contribution in [0.5, 0.6) is 0 Å². The minimum Gasteiger partial charge on any atom is -0.354 e. The van der Waals surface area contributed by atoms with E-state index in [4.69, 9.17) is 0 Å². The van der Waals surface area contributed by atoms with Crippen LogP contribution in [-0.4, -0.2) is 25.0 Å². The van der Waals surface area contributed by atoms with E-state index < -0.39 is 0 Å². The maximum atomic E-state index is 11.9. The van der Waals surface area contributed by atoms with E-state index in [1.165, 1.54) is 22.3 Å². The van der Waals surface area contributed by atoms with Gasteiger partial charge in [-0.1, -0.05) is 12.1 Å². The molecule has 0 spiro atoms. The standard InChI is InChI=1S/C16H24N2O/c1-11-6-7-14(13(3)12(11)2)8-10-18-16(19)15-5-4-9-17-15/h6-7,15,17H,4-5,8-10H2,1-3H3,(H,18,19). The summed E-state index contributed by atoms with van der Waals surface area (Å²) in [7, 11) is 0. The first-order valence-corrected chi connectivity index (χ1v) is 7.16. The lowest BCUT2D eigenvalue weighted by Gasteiger charge is -2.13. The van der Waals surface area contributed by atoms with Crippen molar-refractivity contribution in [3.8, 4) is 0 Å². The maximum Gasteiger partial charge on any atom is 0.237 e. The smallest absolute Gasteiger partial charge is 0.237 e. The topological polar surface area (TPSA) is 41.1 Å². The molecule has 1 amide bonds. The molecule has 3 nitrogen and oxygen atoms in total. The Bertz CT molecular complexity index is 462. The first-order chi connectivity index (χ1) is 9.09. The van der Waals surface area contributed by atoms with Gasteiger partial charge in [0, 0.05) is 6.54 Å². The number of nitrogens with one attached hydrogen (secondary N) is 2. The summed E-state index contributed by atoms with van der Waals surface area (Å²) in [5, 5.41) is 6.25. The van der Waals surface area contributed by atoms with Crippen molar-refractivity contribution >= 4 is 5.91 Å². The molecule has 1 unspecified atom stereocenters. The molecule has 1 heterocycles. The van der Waals surface area contributed by atoms with E-state index in [0.29, 0.717) is 0 Å². The van der Waals surface area contributed by atoms with Crippen LogP contribution in [0.15, 0.2) is 12.1 Å². The highest BCUT2D eigenvalue weighted by atomic mass is 16.2. The van der Waals surface area contributed by atoms with E-state index in [1.807, 2.05) is 0 Å². The van der Waals surface area contributed by atoms with Crippen LogP contribution < -0.4 is 10.6 Å². The molecule has 0 aliphatic carbocycles. The molecule has 1 aromatic rings. The van der Waals surface area contributed by atoms with Crippen LogP contribution in [0.4, 0.5) is 0 Å². The van der Waals surface area contributed by atoms with Gasteiger partial charge in [0.1, 0.15) is 0 Å². The Morgan fingerprint density at radius 1 is 1.32 bits per heavy atom. The zero-order chi connectivity index (χ0) is 13.8. The molecule has 2 rings (SSSR count). The summed E-state index contributed by atoms with van der Waals surface area (Å²) in [4.78, 5) is 11.9. The third kappa shape index (κ3) is 3.35. The molecular formula is C16H24N2O. The third-order valence-electron chi connectivity index (χ3n) is 4.24. The number of hydrogen-bond acceptors (Lipinski definition) is 2. The summed E-state index contributed by atoms with van der Waals surface area (Å²) in [5.41, 5.74) is 5.39.